The van der Waals surface area contributed by atoms with Crippen molar-refractivity contribution >= 4 is 6.29 Å². The molecular weight excluding hydrogens is 308 g/mol. The molecule has 11 heteroatoms. The van der Waals surface area contributed by atoms with Gasteiger partial charge in [-0.3, -0.25) is 0 Å². The van der Waals surface area contributed by atoms with Crippen molar-refractivity contribution in [2.24, 2.45) is 0 Å². The molecule has 132 valence electrons. The second-order valence-corrected chi connectivity index (χ2v) is 4.59. The Kier molecular flexibility index (Phi) is 9.79. The summed E-state index contributed by atoms with van der Waals surface area (Å²) in [6, 6.07) is 0. The molecule has 11 nitrogen and oxygen atoms in total. The summed E-state index contributed by atoms with van der Waals surface area (Å²) < 4.78 is 4.58. The topological polar surface area (TPSA) is 208 Å². The third-order valence-electron chi connectivity index (χ3n) is 2.94. The second-order valence-electron chi connectivity index (χ2n) is 4.59. The normalized spacial score (nSPS) is 35.8. The van der Waals surface area contributed by atoms with Crippen LogP contribution in [0.3, 0.4) is 0 Å². The molecule has 8 atom stereocenters. The van der Waals surface area contributed by atoms with Gasteiger partial charge in [-0.1, -0.05) is 0 Å². The number of hydrogen-bond acceptors (Lipinski definition) is 11. The highest BCUT2D eigenvalue weighted by Crippen LogP contribution is 2.18. The Labute approximate surface area is 125 Å². The maximum Gasteiger partial charge on any atom is 0.184 e. The first kappa shape index (κ1) is 21.3. The number of carbonyl (C=O) groups is 1. The van der Waals surface area contributed by atoms with Gasteiger partial charge in [-0.2, -0.15) is 0 Å². The van der Waals surface area contributed by atoms with Crippen LogP contribution < -0.4 is 0 Å². The fraction of sp³-hybridized carbons (Fsp3) is 0.909. The average molecular weight is 330 g/mol. The van der Waals surface area contributed by atoms with Crippen molar-refractivity contribution in [3.8, 4) is 0 Å². The third kappa shape index (κ3) is 5.81. The Bertz CT molecular complexity index is 310. The lowest BCUT2D eigenvalue weighted by atomic mass is 10.00. The quantitative estimate of drug-likeness (QED) is 0.217. The van der Waals surface area contributed by atoms with E-state index in [-0.39, 0.29) is 6.29 Å². The minimum absolute atomic E-state index is 0.0869. The first-order chi connectivity index (χ1) is 10.2. The minimum Gasteiger partial charge on any atom is -0.394 e. The molecule has 0 amide bonds. The zero-order valence-electron chi connectivity index (χ0n) is 11.5. The first-order valence-corrected chi connectivity index (χ1v) is 6.30. The molecule has 0 aromatic heterocycles. The largest absolute Gasteiger partial charge is 0.394 e. The molecule has 0 saturated carbocycles. The first-order valence-electron chi connectivity index (χ1n) is 6.30. The van der Waals surface area contributed by atoms with Crippen LogP contribution in [0.1, 0.15) is 0 Å². The average Bonchev–Trinajstić information content (AvgIpc) is 2.54. The highest BCUT2D eigenvalue weighted by atomic mass is 16.6. The lowest BCUT2D eigenvalue weighted by Gasteiger charge is -2.37. The van der Waals surface area contributed by atoms with Gasteiger partial charge in [0.25, 0.3) is 0 Å². The van der Waals surface area contributed by atoms with Gasteiger partial charge >= 0.3 is 0 Å². The molecule has 22 heavy (non-hydrogen) atoms. The third-order valence-corrected chi connectivity index (χ3v) is 2.94. The Morgan fingerprint density at radius 1 is 0.955 bits per heavy atom. The number of ether oxygens (including phenoxy) is 1. The molecule has 0 aromatic rings. The summed E-state index contributed by atoms with van der Waals surface area (Å²) in [7, 11) is 0. The molecule has 9 N–H and O–H groups in total. The van der Waals surface area contributed by atoms with Crippen LogP contribution in [0, 0.1) is 0 Å². The van der Waals surface area contributed by atoms with Crippen molar-refractivity contribution in [3.63, 3.8) is 0 Å². The molecule has 0 radical (unpaired) electrons. The molecule has 0 bridgehead atoms. The molecule has 0 aliphatic carbocycles. The Hall–Kier alpha value is -0.730. The van der Waals surface area contributed by atoms with Crippen LogP contribution in [0.2, 0.25) is 0 Å². The van der Waals surface area contributed by atoms with E-state index in [9.17, 15) is 4.79 Å². The summed E-state index contributed by atoms with van der Waals surface area (Å²) >= 11 is 0. The lowest BCUT2D eigenvalue weighted by molar-refractivity contribution is -0.286. The van der Waals surface area contributed by atoms with Crippen LogP contribution in [0.5, 0.6) is 0 Å². The maximum atomic E-state index is 9.76. The zero-order chi connectivity index (χ0) is 17.4. The van der Waals surface area contributed by atoms with E-state index < -0.39 is 62.2 Å². The van der Waals surface area contributed by atoms with E-state index >= 15 is 0 Å². The van der Waals surface area contributed by atoms with E-state index in [0.717, 1.165) is 0 Å². The molecular formula is C11H22O11. The van der Waals surface area contributed by atoms with Crippen molar-refractivity contribution in [2.45, 2.75) is 49.0 Å². The monoisotopic (exact) mass is 330 g/mol. The van der Waals surface area contributed by atoms with E-state index in [0.29, 0.717) is 0 Å². The molecule has 1 aliphatic rings. The molecule has 1 rings (SSSR count). The molecule has 0 spiro atoms. The van der Waals surface area contributed by atoms with Gasteiger partial charge < -0.3 is 55.5 Å². The molecule has 1 saturated heterocycles. The number of aldehydes is 1. The fourth-order valence-electron chi connectivity index (χ4n) is 1.50. The number of aliphatic hydroxyl groups excluding tert-OH is 9. The summed E-state index contributed by atoms with van der Waals surface area (Å²) in [5.74, 6) is 0. The summed E-state index contributed by atoms with van der Waals surface area (Å²) in [5.41, 5.74) is 0. The van der Waals surface area contributed by atoms with Crippen molar-refractivity contribution < 1.29 is 55.5 Å². The highest BCUT2D eigenvalue weighted by molar-refractivity contribution is 5.56. The lowest BCUT2D eigenvalue weighted by Crippen LogP contribution is -2.58. The van der Waals surface area contributed by atoms with Gasteiger partial charge in [-0.25, -0.2) is 0 Å². The Morgan fingerprint density at radius 3 is 1.91 bits per heavy atom. The van der Waals surface area contributed by atoms with E-state index in [1.54, 1.807) is 0 Å². The van der Waals surface area contributed by atoms with Crippen LogP contribution in [0.25, 0.3) is 0 Å². The van der Waals surface area contributed by atoms with Gasteiger partial charge in [0.05, 0.1) is 13.2 Å². The van der Waals surface area contributed by atoms with Gasteiger partial charge in [-0.05, 0) is 0 Å². The summed E-state index contributed by atoms with van der Waals surface area (Å²) in [5, 5.41) is 78.7. The predicted octanol–water partition coefficient (Wildman–Crippen LogP) is -5.96. The summed E-state index contributed by atoms with van der Waals surface area (Å²) in [6.07, 6.45) is -11.7. The predicted molar refractivity (Wildman–Crippen MR) is 67.2 cm³/mol. The van der Waals surface area contributed by atoms with Crippen molar-refractivity contribution in [1.29, 1.82) is 0 Å². The minimum atomic E-state index is -1.64. The van der Waals surface area contributed by atoms with Crippen LogP contribution in [-0.4, -0.2) is 114 Å². The number of carbonyl (C=O) groups excluding carboxylic acids is 1. The van der Waals surface area contributed by atoms with Crippen molar-refractivity contribution in [3.05, 3.63) is 0 Å². The van der Waals surface area contributed by atoms with Crippen LogP contribution >= 0.6 is 0 Å². The molecule has 0 aromatic carbocycles. The van der Waals surface area contributed by atoms with Crippen LogP contribution in [0.15, 0.2) is 0 Å². The van der Waals surface area contributed by atoms with Crippen molar-refractivity contribution in [2.75, 3.05) is 13.2 Å². The number of rotatable bonds is 5. The zero-order valence-corrected chi connectivity index (χ0v) is 11.5. The SMILES string of the molecule is O=C[C@H](O)[C@H](O)[C@@H](O)CO.OC[C@H]1O[C@H](O)[C@H](O)[C@@H](O)[C@@H]1O. The smallest absolute Gasteiger partial charge is 0.184 e. The van der Waals surface area contributed by atoms with Gasteiger partial charge in [0.1, 0.15) is 42.7 Å². The molecule has 0 unspecified atom stereocenters. The van der Waals surface area contributed by atoms with E-state index in [4.69, 9.17) is 46.0 Å². The highest BCUT2D eigenvalue weighted by Gasteiger charge is 2.42. The standard InChI is InChI=1S/C6H12O6.C5H10O5/c7-1-2-3(8)4(9)5(10)6(11)12-2;6-1-3(8)5(10)4(9)2-7/h2-11H,1H2;1,3-5,7-10H,2H2/t2-,3-,4+,5-,6+;3-,4-,5-/m10/s1. The van der Waals surface area contributed by atoms with E-state index in [2.05, 4.69) is 4.74 Å². The molecule has 1 heterocycles. The van der Waals surface area contributed by atoms with Gasteiger partial charge in [0, 0.05) is 0 Å². The van der Waals surface area contributed by atoms with Gasteiger partial charge in [0.15, 0.2) is 12.6 Å². The fourth-order valence-corrected chi connectivity index (χ4v) is 1.50. The Morgan fingerprint density at radius 2 is 1.50 bits per heavy atom. The maximum absolute atomic E-state index is 9.76. The van der Waals surface area contributed by atoms with Gasteiger partial charge in [-0.15, -0.1) is 0 Å². The van der Waals surface area contributed by atoms with Crippen molar-refractivity contribution in [1.82, 2.24) is 0 Å². The number of aliphatic hydroxyl groups is 9. The Balaban J connectivity index is 0.000000409. The molecule has 1 fully saturated rings. The number of hydrogen-bond donors (Lipinski definition) is 9. The van der Waals surface area contributed by atoms with Gasteiger partial charge in [0.2, 0.25) is 0 Å². The van der Waals surface area contributed by atoms with E-state index in [1.165, 1.54) is 0 Å². The summed E-state index contributed by atoms with van der Waals surface area (Å²) in [6.45, 7) is -1.21. The van der Waals surface area contributed by atoms with E-state index in [1.807, 2.05) is 0 Å². The van der Waals surface area contributed by atoms with Crippen LogP contribution in [-0.2, 0) is 9.53 Å². The second kappa shape index (κ2) is 10.1. The molecule has 1 aliphatic heterocycles. The van der Waals surface area contributed by atoms with Crippen LogP contribution in [0.4, 0.5) is 0 Å². The summed E-state index contributed by atoms with van der Waals surface area (Å²) in [4.78, 5) is 9.76.